The lowest BCUT2D eigenvalue weighted by molar-refractivity contribution is 0.143. The molecule has 0 heterocycles. The monoisotopic (exact) mass is 298 g/mol. The van der Waals surface area contributed by atoms with Crippen molar-refractivity contribution in [2.75, 3.05) is 46.5 Å². The van der Waals surface area contributed by atoms with Crippen LogP contribution in [0.15, 0.2) is 24.3 Å². The molecule has 0 bridgehead atoms. The van der Waals surface area contributed by atoms with E-state index in [-0.39, 0.29) is 6.61 Å². The van der Waals surface area contributed by atoms with Gasteiger partial charge < -0.3 is 15.2 Å². The molecule has 1 rings (SSSR count). The van der Waals surface area contributed by atoms with Gasteiger partial charge >= 0.3 is 0 Å². The van der Waals surface area contributed by atoms with Gasteiger partial charge in [0.15, 0.2) is 0 Å². The zero-order valence-electron chi connectivity index (χ0n) is 12.3. The molecule has 1 aromatic carbocycles. The van der Waals surface area contributed by atoms with Gasteiger partial charge in [-0.05, 0) is 30.4 Å². The van der Waals surface area contributed by atoms with E-state index in [2.05, 4.69) is 43.7 Å². The van der Waals surface area contributed by atoms with Crippen LogP contribution in [-0.4, -0.2) is 56.5 Å². The van der Waals surface area contributed by atoms with Crippen LogP contribution in [-0.2, 0) is 11.3 Å². The number of methoxy groups -OCH3 is 1. The number of benzene rings is 1. The van der Waals surface area contributed by atoms with Gasteiger partial charge in [-0.2, -0.15) is 0 Å². The van der Waals surface area contributed by atoms with Crippen LogP contribution in [0.25, 0.3) is 0 Å². The van der Waals surface area contributed by atoms with E-state index >= 15 is 0 Å². The van der Waals surface area contributed by atoms with Crippen LogP contribution < -0.4 is 10.6 Å². The zero-order valence-corrected chi connectivity index (χ0v) is 13.5. The summed E-state index contributed by atoms with van der Waals surface area (Å²) in [4.78, 5) is 2.40. The Balaban J connectivity index is 2.36. The molecule has 0 aliphatic rings. The second-order valence-corrected chi connectivity index (χ2v) is 5.50. The molecule has 1 aromatic rings. The molecular weight excluding hydrogens is 271 g/mol. The fourth-order valence-electron chi connectivity index (χ4n) is 2.00. The van der Waals surface area contributed by atoms with Crippen molar-refractivity contribution in [3.63, 3.8) is 0 Å². The highest BCUT2D eigenvalue weighted by Gasteiger charge is 2.05. The zero-order chi connectivity index (χ0) is 14.6. The summed E-state index contributed by atoms with van der Waals surface area (Å²) in [6.45, 7) is 5.50. The predicted octanol–water partition coefficient (Wildman–Crippen LogP) is 0.607. The molecule has 0 aliphatic carbocycles. The lowest BCUT2D eigenvalue weighted by atomic mass is 10.2. The summed E-state index contributed by atoms with van der Waals surface area (Å²) < 4.78 is 5.18. The van der Waals surface area contributed by atoms with Crippen molar-refractivity contribution in [1.29, 1.82) is 0 Å². The summed E-state index contributed by atoms with van der Waals surface area (Å²) >= 11 is 0. The van der Waals surface area contributed by atoms with E-state index < -0.39 is 0 Å². The highest BCUT2D eigenvalue weighted by molar-refractivity contribution is 7.27. The smallest absolute Gasteiger partial charge is 0.0589 e. The first-order valence-corrected chi connectivity index (χ1v) is 7.71. The first kappa shape index (κ1) is 17.5. The van der Waals surface area contributed by atoms with Crippen LogP contribution in [0, 0.1) is 0 Å². The lowest BCUT2D eigenvalue weighted by Gasteiger charge is -2.22. The molecule has 20 heavy (non-hydrogen) atoms. The Morgan fingerprint density at radius 2 is 1.95 bits per heavy atom. The van der Waals surface area contributed by atoms with Crippen molar-refractivity contribution in [2.45, 2.75) is 13.0 Å². The maximum absolute atomic E-state index is 8.72. The molecule has 0 amide bonds. The van der Waals surface area contributed by atoms with Crippen LogP contribution in [0.2, 0.25) is 0 Å². The van der Waals surface area contributed by atoms with Gasteiger partial charge in [0.25, 0.3) is 0 Å². The van der Waals surface area contributed by atoms with E-state index in [9.17, 15) is 0 Å². The van der Waals surface area contributed by atoms with E-state index in [1.54, 1.807) is 7.11 Å². The predicted molar refractivity (Wildman–Crippen MR) is 87.5 cm³/mol. The Labute approximate surface area is 124 Å². The van der Waals surface area contributed by atoms with Crippen molar-refractivity contribution in [3.8, 4) is 0 Å². The molecular formula is C15H27N2O2P. The third-order valence-electron chi connectivity index (χ3n) is 3.11. The van der Waals surface area contributed by atoms with Gasteiger partial charge in [-0.1, -0.05) is 24.3 Å². The third-order valence-corrected chi connectivity index (χ3v) is 3.50. The first-order valence-electron chi connectivity index (χ1n) is 7.13. The van der Waals surface area contributed by atoms with Crippen molar-refractivity contribution in [3.05, 3.63) is 29.8 Å². The van der Waals surface area contributed by atoms with Gasteiger partial charge in [-0.25, -0.2) is 0 Å². The number of ether oxygens (including phenoxy) is 1. The van der Waals surface area contributed by atoms with Gasteiger partial charge in [0.1, 0.15) is 0 Å². The van der Waals surface area contributed by atoms with Gasteiger partial charge in [0.2, 0.25) is 0 Å². The van der Waals surface area contributed by atoms with E-state index in [1.807, 2.05) is 0 Å². The molecule has 5 heteroatoms. The van der Waals surface area contributed by atoms with E-state index in [4.69, 9.17) is 9.84 Å². The van der Waals surface area contributed by atoms with Crippen molar-refractivity contribution in [1.82, 2.24) is 10.2 Å². The largest absolute Gasteiger partial charge is 0.395 e. The quantitative estimate of drug-likeness (QED) is 0.464. The van der Waals surface area contributed by atoms with Gasteiger partial charge in [0.05, 0.1) is 13.2 Å². The summed E-state index contributed by atoms with van der Waals surface area (Å²) in [5, 5.41) is 13.1. The van der Waals surface area contributed by atoms with Crippen LogP contribution in [0.1, 0.15) is 12.0 Å². The Morgan fingerprint density at radius 1 is 1.20 bits per heavy atom. The fraction of sp³-hybridized carbons (Fsp3) is 0.600. The average Bonchev–Trinajstić information content (AvgIpc) is 2.46. The number of rotatable bonds is 11. The lowest BCUT2D eigenvalue weighted by Crippen LogP contribution is -2.30. The Kier molecular flexibility index (Phi) is 9.81. The van der Waals surface area contributed by atoms with Gasteiger partial charge in [-0.3, -0.25) is 4.90 Å². The molecule has 0 radical (unpaired) electrons. The second-order valence-electron chi connectivity index (χ2n) is 4.84. The summed E-state index contributed by atoms with van der Waals surface area (Å²) in [5.74, 6) is 0. The Morgan fingerprint density at radius 3 is 2.60 bits per heavy atom. The molecule has 0 aliphatic heterocycles. The van der Waals surface area contributed by atoms with Crippen molar-refractivity contribution < 1.29 is 9.84 Å². The number of nitrogens with one attached hydrogen (secondary N) is 1. The number of hydrogen-bond acceptors (Lipinski definition) is 4. The average molecular weight is 298 g/mol. The minimum absolute atomic E-state index is 0.203. The maximum Gasteiger partial charge on any atom is 0.0589 e. The molecule has 1 atom stereocenters. The molecule has 0 spiro atoms. The minimum atomic E-state index is 0.203. The van der Waals surface area contributed by atoms with Gasteiger partial charge in [0, 0.05) is 26.7 Å². The summed E-state index contributed by atoms with van der Waals surface area (Å²) in [7, 11) is 4.45. The van der Waals surface area contributed by atoms with E-state index in [0.29, 0.717) is 6.54 Å². The molecule has 0 saturated heterocycles. The molecule has 2 N–H and O–H groups in total. The van der Waals surface area contributed by atoms with Crippen molar-refractivity contribution >= 4 is 14.5 Å². The summed E-state index contributed by atoms with van der Waals surface area (Å²) in [6, 6.07) is 8.59. The van der Waals surface area contributed by atoms with E-state index in [1.165, 1.54) is 10.9 Å². The fourth-order valence-corrected chi connectivity index (χ4v) is 2.20. The third kappa shape index (κ3) is 7.93. The Hall–Kier alpha value is -0.510. The number of aliphatic hydroxyl groups excluding tert-OH is 1. The Bertz CT molecular complexity index is 346. The molecule has 0 fully saturated rings. The molecule has 114 valence electrons. The number of nitrogens with zero attached hydrogens (tertiary/aromatic N) is 1. The van der Waals surface area contributed by atoms with Crippen LogP contribution in [0.5, 0.6) is 0 Å². The second kappa shape index (κ2) is 11.2. The minimum Gasteiger partial charge on any atom is -0.395 e. The topological polar surface area (TPSA) is 44.7 Å². The summed E-state index contributed by atoms with van der Waals surface area (Å²) in [5.41, 5.74) is 1.33. The maximum atomic E-state index is 8.72. The molecule has 0 saturated carbocycles. The normalized spacial score (nSPS) is 11.2. The van der Waals surface area contributed by atoms with Crippen LogP contribution in [0.3, 0.4) is 0 Å². The molecule has 4 nitrogen and oxygen atoms in total. The van der Waals surface area contributed by atoms with Gasteiger partial charge in [-0.15, -0.1) is 9.24 Å². The summed E-state index contributed by atoms with van der Waals surface area (Å²) in [6.07, 6.45) is 1.07. The number of aliphatic hydroxyl groups is 1. The standard InChI is InChI=1S/C15H27N2O2P/c1-19-12-10-17(9-2-7-16-8-11-18)13-14-3-5-15(20)6-4-14/h3-6,16,18H,2,7-13,20H2,1H3. The van der Waals surface area contributed by atoms with Crippen LogP contribution >= 0.6 is 9.24 Å². The van der Waals surface area contributed by atoms with Crippen molar-refractivity contribution in [2.24, 2.45) is 0 Å². The number of hydrogen-bond donors (Lipinski definition) is 2. The SMILES string of the molecule is COCCN(CCCNCCO)Cc1ccc(P)cc1. The highest BCUT2D eigenvalue weighted by atomic mass is 31.0. The molecule has 0 aromatic heterocycles. The van der Waals surface area contributed by atoms with Crippen LogP contribution in [0.4, 0.5) is 0 Å². The van der Waals surface area contributed by atoms with E-state index in [0.717, 1.165) is 39.2 Å². The molecule has 1 unspecified atom stereocenters. The first-order chi connectivity index (χ1) is 9.76. The highest BCUT2D eigenvalue weighted by Crippen LogP contribution is 2.05.